The van der Waals surface area contributed by atoms with Crippen molar-refractivity contribution in [2.24, 2.45) is 0 Å². The van der Waals surface area contributed by atoms with E-state index in [9.17, 15) is 0 Å². The average molecular weight is 194 g/mol. The molecule has 4 nitrogen and oxygen atoms in total. The van der Waals surface area contributed by atoms with Crippen LogP contribution in [0.15, 0.2) is 31.3 Å². The molecule has 14 heavy (non-hydrogen) atoms. The lowest BCUT2D eigenvalue weighted by Gasteiger charge is -2.13. The molecule has 0 aliphatic rings. The Hall–Kier alpha value is -1.58. The van der Waals surface area contributed by atoms with Crippen molar-refractivity contribution in [2.75, 3.05) is 6.61 Å². The molecule has 0 aliphatic heterocycles. The third-order valence-corrected chi connectivity index (χ3v) is 1.68. The summed E-state index contributed by atoms with van der Waals surface area (Å²) in [5, 5.41) is 0. The van der Waals surface area contributed by atoms with Crippen LogP contribution in [0.1, 0.15) is 13.3 Å². The zero-order chi connectivity index (χ0) is 10.2. The van der Waals surface area contributed by atoms with Crippen LogP contribution >= 0.6 is 0 Å². The molecule has 1 aromatic rings. The first-order chi connectivity index (χ1) is 6.86. The van der Waals surface area contributed by atoms with E-state index in [4.69, 9.17) is 9.47 Å². The topological polar surface area (TPSA) is 44.2 Å². The first kappa shape index (κ1) is 10.5. The molecule has 0 saturated heterocycles. The van der Waals surface area contributed by atoms with E-state index >= 15 is 0 Å². The fourth-order valence-corrected chi connectivity index (χ4v) is 0.917. The van der Waals surface area contributed by atoms with Crippen molar-refractivity contribution < 1.29 is 9.47 Å². The molecule has 0 bridgehead atoms. The van der Waals surface area contributed by atoms with Gasteiger partial charge in [0, 0.05) is 12.4 Å². The predicted molar refractivity (Wildman–Crippen MR) is 52.9 cm³/mol. The Kier molecular flexibility index (Phi) is 4.47. The molecular formula is C10H14N2O2. The smallest absolute Gasteiger partial charge is 0.316 e. The van der Waals surface area contributed by atoms with Gasteiger partial charge >= 0.3 is 6.01 Å². The van der Waals surface area contributed by atoms with Gasteiger partial charge in [-0.2, -0.15) is 0 Å². The van der Waals surface area contributed by atoms with Crippen LogP contribution in [0.2, 0.25) is 0 Å². The van der Waals surface area contributed by atoms with E-state index in [2.05, 4.69) is 16.5 Å². The average Bonchev–Trinajstić information content (AvgIpc) is 2.25. The van der Waals surface area contributed by atoms with Gasteiger partial charge in [-0.25, -0.2) is 9.97 Å². The molecule has 1 heterocycles. The van der Waals surface area contributed by atoms with E-state index in [0.717, 1.165) is 6.42 Å². The molecule has 0 N–H and O–H groups in total. The van der Waals surface area contributed by atoms with Crippen LogP contribution in [0.5, 0.6) is 6.01 Å². The Morgan fingerprint density at radius 3 is 2.79 bits per heavy atom. The fraction of sp³-hybridized carbons (Fsp3) is 0.400. The molecule has 4 heteroatoms. The Morgan fingerprint density at radius 2 is 2.21 bits per heavy atom. The van der Waals surface area contributed by atoms with Gasteiger partial charge in [-0.15, -0.1) is 0 Å². The van der Waals surface area contributed by atoms with Gasteiger partial charge < -0.3 is 9.47 Å². The van der Waals surface area contributed by atoms with Crippen molar-refractivity contribution in [3.8, 4) is 6.01 Å². The van der Waals surface area contributed by atoms with Gasteiger partial charge in [0.2, 0.25) is 0 Å². The van der Waals surface area contributed by atoms with Gasteiger partial charge in [0.25, 0.3) is 0 Å². The van der Waals surface area contributed by atoms with Gasteiger partial charge in [0.15, 0.2) is 0 Å². The van der Waals surface area contributed by atoms with E-state index in [1.807, 2.05) is 6.92 Å². The van der Waals surface area contributed by atoms with Crippen LogP contribution in [-0.4, -0.2) is 22.7 Å². The van der Waals surface area contributed by atoms with Crippen molar-refractivity contribution in [1.29, 1.82) is 0 Å². The number of aromatic nitrogens is 2. The van der Waals surface area contributed by atoms with Gasteiger partial charge in [-0.1, -0.05) is 13.5 Å². The lowest BCUT2D eigenvalue weighted by Crippen LogP contribution is -2.19. The van der Waals surface area contributed by atoms with Crippen LogP contribution in [0.25, 0.3) is 0 Å². The van der Waals surface area contributed by atoms with Crippen LogP contribution < -0.4 is 4.74 Å². The molecule has 1 atom stereocenters. The fourth-order valence-electron chi connectivity index (χ4n) is 0.917. The summed E-state index contributed by atoms with van der Waals surface area (Å²) in [7, 11) is 0. The summed E-state index contributed by atoms with van der Waals surface area (Å²) in [4.78, 5) is 7.86. The summed E-state index contributed by atoms with van der Waals surface area (Å²) in [5.41, 5.74) is 0. The maximum Gasteiger partial charge on any atom is 0.316 e. The quantitative estimate of drug-likeness (QED) is 0.648. The highest BCUT2D eigenvalue weighted by molar-refractivity contribution is 4.93. The van der Waals surface area contributed by atoms with E-state index in [1.165, 1.54) is 6.26 Å². The highest BCUT2D eigenvalue weighted by atomic mass is 16.5. The zero-order valence-corrected chi connectivity index (χ0v) is 8.22. The van der Waals surface area contributed by atoms with Crippen molar-refractivity contribution in [1.82, 2.24) is 9.97 Å². The standard InChI is InChI=1S/C10H14N2O2/c1-3-9(13-4-2)8-14-10-11-6-5-7-12-10/h4-7,9H,2-3,8H2,1H3. The van der Waals surface area contributed by atoms with E-state index in [0.29, 0.717) is 12.6 Å². The lowest BCUT2D eigenvalue weighted by molar-refractivity contribution is 0.0816. The maximum absolute atomic E-state index is 5.32. The summed E-state index contributed by atoms with van der Waals surface area (Å²) in [6.45, 7) is 5.95. The Bertz CT molecular complexity index is 264. The predicted octanol–water partition coefficient (Wildman–Crippen LogP) is 1.79. The highest BCUT2D eigenvalue weighted by Crippen LogP contribution is 2.03. The van der Waals surface area contributed by atoms with E-state index in [1.54, 1.807) is 18.5 Å². The Labute approximate surface area is 83.6 Å². The second kappa shape index (κ2) is 5.96. The largest absolute Gasteiger partial charge is 0.495 e. The van der Waals surface area contributed by atoms with Crippen molar-refractivity contribution in [3.63, 3.8) is 0 Å². The second-order valence-corrected chi connectivity index (χ2v) is 2.68. The summed E-state index contributed by atoms with van der Waals surface area (Å²) < 4.78 is 10.5. The molecule has 0 spiro atoms. The number of ether oxygens (including phenoxy) is 2. The monoisotopic (exact) mass is 194 g/mol. The first-order valence-electron chi connectivity index (χ1n) is 4.53. The van der Waals surface area contributed by atoms with Crippen molar-refractivity contribution >= 4 is 0 Å². The highest BCUT2D eigenvalue weighted by Gasteiger charge is 2.06. The minimum Gasteiger partial charge on any atom is -0.495 e. The summed E-state index contributed by atoms with van der Waals surface area (Å²) >= 11 is 0. The third kappa shape index (κ3) is 3.43. The van der Waals surface area contributed by atoms with Crippen LogP contribution in [0.4, 0.5) is 0 Å². The van der Waals surface area contributed by atoms with Crippen LogP contribution in [0.3, 0.4) is 0 Å². The van der Waals surface area contributed by atoms with E-state index in [-0.39, 0.29) is 6.10 Å². The SMILES string of the molecule is C=COC(CC)COc1ncccn1. The number of nitrogens with zero attached hydrogens (tertiary/aromatic N) is 2. The summed E-state index contributed by atoms with van der Waals surface area (Å²) in [6, 6.07) is 2.11. The number of hydrogen-bond acceptors (Lipinski definition) is 4. The summed E-state index contributed by atoms with van der Waals surface area (Å²) in [6.07, 6.45) is 5.56. The minimum atomic E-state index is 0.0105. The van der Waals surface area contributed by atoms with E-state index < -0.39 is 0 Å². The van der Waals surface area contributed by atoms with Crippen LogP contribution in [0, 0.1) is 0 Å². The molecule has 0 saturated carbocycles. The molecule has 1 rings (SSSR count). The number of hydrogen-bond donors (Lipinski definition) is 0. The molecule has 0 radical (unpaired) electrons. The van der Waals surface area contributed by atoms with Gasteiger partial charge in [0.1, 0.15) is 12.7 Å². The molecule has 0 amide bonds. The Morgan fingerprint density at radius 1 is 1.50 bits per heavy atom. The van der Waals surface area contributed by atoms with Crippen molar-refractivity contribution in [3.05, 3.63) is 31.3 Å². The van der Waals surface area contributed by atoms with Gasteiger partial charge in [0.05, 0.1) is 6.26 Å². The number of rotatable bonds is 6. The normalized spacial score (nSPS) is 11.8. The third-order valence-electron chi connectivity index (χ3n) is 1.68. The molecule has 1 aromatic heterocycles. The molecule has 0 fully saturated rings. The first-order valence-corrected chi connectivity index (χ1v) is 4.53. The molecule has 0 aliphatic carbocycles. The minimum absolute atomic E-state index is 0.0105. The molecule has 1 unspecified atom stereocenters. The van der Waals surface area contributed by atoms with Crippen molar-refractivity contribution in [2.45, 2.75) is 19.4 Å². The zero-order valence-electron chi connectivity index (χ0n) is 8.22. The second-order valence-electron chi connectivity index (χ2n) is 2.68. The van der Waals surface area contributed by atoms with Crippen LogP contribution in [-0.2, 0) is 4.74 Å². The Balaban J connectivity index is 2.35. The molecular weight excluding hydrogens is 180 g/mol. The lowest BCUT2D eigenvalue weighted by atomic mass is 10.3. The van der Waals surface area contributed by atoms with Gasteiger partial charge in [-0.3, -0.25) is 0 Å². The molecule has 76 valence electrons. The van der Waals surface area contributed by atoms with Gasteiger partial charge in [-0.05, 0) is 12.5 Å². The molecule has 0 aromatic carbocycles. The summed E-state index contributed by atoms with van der Waals surface area (Å²) in [5.74, 6) is 0. The maximum atomic E-state index is 5.32.